The molecule has 0 saturated carbocycles. The molecule has 0 aliphatic rings. The molecule has 0 bridgehead atoms. The number of anilines is 1. The topological polar surface area (TPSA) is 69.6 Å². The maximum Gasteiger partial charge on any atom is 0.241 e. The van der Waals surface area contributed by atoms with Crippen LogP contribution in [0.25, 0.3) is 0 Å². The van der Waals surface area contributed by atoms with Crippen LogP contribution in [0.15, 0.2) is 12.4 Å². The van der Waals surface area contributed by atoms with Gasteiger partial charge in [-0.25, -0.2) is 9.97 Å². The minimum Gasteiger partial charge on any atom is -0.392 e. The minimum absolute atomic E-state index is 0.00156. The van der Waals surface area contributed by atoms with Gasteiger partial charge in [0.2, 0.25) is 11.9 Å². The molecule has 0 spiro atoms. The first kappa shape index (κ1) is 13.4. The van der Waals surface area contributed by atoms with Crippen LogP contribution in [0.1, 0.15) is 12.5 Å². The van der Waals surface area contributed by atoms with Crippen molar-refractivity contribution in [1.82, 2.24) is 14.9 Å². The summed E-state index contributed by atoms with van der Waals surface area (Å²) in [6.07, 6.45) is 3.12. The Morgan fingerprint density at radius 3 is 2.35 bits per heavy atom. The van der Waals surface area contributed by atoms with E-state index in [1.807, 2.05) is 6.92 Å². The molecular weight excluding hydrogens is 220 g/mol. The zero-order chi connectivity index (χ0) is 12.8. The van der Waals surface area contributed by atoms with Crippen LogP contribution in [0, 0.1) is 0 Å². The molecule has 1 amide bonds. The number of carbonyl (C=O) groups excluding carboxylic acids is 1. The van der Waals surface area contributed by atoms with Crippen molar-refractivity contribution < 1.29 is 9.90 Å². The van der Waals surface area contributed by atoms with E-state index < -0.39 is 0 Å². The first-order valence-electron chi connectivity index (χ1n) is 5.45. The van der Waals surface area contributed by atoms with E-state index in [4.69, 9.17) is 5.11 Å². The van der Waals surface area contributed by atoms with Crippen LogP contribution < -0.4 is 4.90 Å². The van der Waals surface area contributed by atoms with E-state index in [2.05, 4.69) is 9.97 Å². The molecule has 0 atom stereocenters. The molecule has 0 fully saturated rings. The number of nitrogens with zero attached hydrogens (tertiary/aromatic N) is 4. The second-order valence-corrected chi connectivity index (χ2v) is 3.85. The lowest BCUT2D eigenvalue weighted by Gasteiger charge is -2.21. The number of aliphatic hydroxyl groups excluding tert-OH is 1. The Labute approximate surface area is 101 Å². The summed E-state index contributed by atoms with van der Waals surface area (Å²) in [5, 5.41) is 8.89. The van der Waals surface area contributed by atoms with E-state index >= 15 is 0 Å². The molecule has 6 heteroatoms. The van der Waals surface area contributed by atoms with Crippen molar-refractivity contribution in [3.8, 4) is 0 Å². The number of aromatic nitrogens is 2. The predicted molar refractivity (Wildman–Crippen MR) is 64.5 cm³/mol. The number of amides is 1. The number of carbonyl (C=O) groups is 1. The molecule has 0 aliphatic carbocycles. The van der Waals surface area contributed by atoms with Crippen LogP contribution in [-0.2, 0) is 11.4 Å². The second kappa shape index (κ2) is 6.15. The summed E-state index contributed by atoms with van der Waals surface area (Å²) in [5.41, 5.74) is 0.656. The van der Waals surface area contributed by atoms with Gasteiger partial charge in [0.05, 0.1) is 13.2 Å². The van der Waals surface area contributed by atoms with Crippen molar-refractivity contribution in [2.75, 3.05) is 32.1 Å². The third kappa shape index (κ3) is 3.67. The van der Waals surface area contributed by atoms with Crippen molar-refractivity contribution in [3.63, 3.8) is 0 Å². The standard InChI is InChI=1S/C11H18N4O2/c1-4-15(7-10(17)14(2)3)11-12-5-9(8-16)6-13-11/h5-6,16H,4,7-8H2,1-3H3. The van der Waals surface area contributed by atoms with Gasteiger partial charge in [-0.2, -0.15) is 0 Å². The highest BCUT2D eigenvalue weighted by atomic mass is 16.3. The lowest BCUT2D eigenvalue weighted by molar-refractivity contribution is -0.127. The van der Waals surface area contributed by atoms with Crippen LogP contribution >= 0.6 is 0 Å². The highest BCUT2D eigenvalue weighted by Crippen LogP contribution is 2.07. The molecule has 0 aromatic carbocycles. The zero-order valence-electron chi connectivity index (χ0n) is 10.4. The molecule has 1 aromatic rings. The molecule has 0 unspecified atom stereocenters. The molecule has 1 heterocycles. The van der Waals surface area contributed by atoms with E-state index in [-0.39, 0.29) is 19.1 Å². The average Bonchev–Trinajstić information content (AvgIpc) is 2.35. The molecule has 94 valence electrons. The predicted octanol–water partition coefficient (Wildman–Crippen LogP) is -0.117. The van der Waals surface area contributed by atoms with Gasteiger partial charge in [0.15, 0.2) is 0 Å². The largest absolute Gasteiger partial charge is 0.392 e. The molecule has 6 nitrogen and oxygen atoms in total. The Bertz CT molecular complexity index is 364. The van der Waals surface area contributed by atoms with E-state index in [1.165, 1.54) is 4.90 Å². The minimum atomic E-state index is -0.0803. The maximum atomic E-state index is 11.6. The van der Waals surface area contributed by atoms with E-state index in [0.29, 0.717) is 18.1 Å². The Kier molecular flexibility index (Phi) is 4.84. The summed E-state index contributed by atoms with van der Waals surface area (Å²) in [6, 6.07) is 0. The Hall–Kier alpha value is -1.69. The SMILES string of the molecule is CCN(CC(=O)N(C)C)c1ncc(CO)cn1. The molecule has 1 aromatic heterocycles. The Balaban J connectivity index is 2.75. The quantitative estimate of drug-likeness (QED) is 0.774. The monoisotopic (exact) mass is 238 g/mol. The van der Waals surface area contributed by atoms with Crippen LogP contribution in [0.2, 0.25) is 0 Å². The summed E-state index contributed by atoms with van der Waals surface area (Å²) in [7, 11) is 3.43. The van der Waals surface area contributed by atoms with Gasteiger partial charge in [-0.15, -0.1) is 0 Å². The summed E-state index contributed by atoms with van der Waals surface area (Å²) in [6.45, 7) is 2.76. The van der Waals surface area contributed by atoms with E-state index in [0.717, 1.165) is 0 Å². The average molecular weight is 238 g/mol. The number of hydrogen-bond acceptors (Lipinski definition) is 5. The van der Waals surface area contributed by atoms with Crippen LogP contribution in [-0.4, -0.2) is 53.1 Å². The van der Waals surface area contributed by atoms with Gasteiger partial charge >= 0.3 is 0 Å². The lowest BCUT2D eigenvalue weighted by atomic mass is 10.4. The molecule has 1 N–H and O–H groups in total. The first-order chi connectivity index (χ1) is 8.08. The van der Waals surface area contributed by atoms with Crippen molar-refractivity contribution >= 4 is 11.9 Å². The fourth-order valence-electron chi connectivity index (χ4n) is 1.22. The van der Waals surface area contributed by atoms with Gasteiger partial charge in [0.25, 0.3) is 0 Å². The second-order valence-electron chi connectivity index (χ2n) is 3.85. The fraction of sp³-hybridized carbons (Fsp3) is 0.545. The maximum absolute atomic E-state index is 11.6. The fourth-order valence-corrected chi connectivity index (χ4v) is 1.22. The molecule has 0 radical (unpaired) electrons. The van der Waals surface area contributed by atoms with E-state index in [9.17, 15) is 4.79 Å². The molecule has 0 aliphatic heterocycles. The smallest absolute Gasteiger partial charge is 0.241 e. The summed E-state index contributed by atoms with van der Waals surface area (Å²) >= 11 is 0. The summed E-state index contributed by atoms with van der Waals surface area (Å²) in [4.78, 5) is 23.1. The van der Waals surface area contributed by atoms with Gasteiger partial charge in [0.1, 0.15) is 0 Å². The molecule has 17 heavy (non-hydrogen) atoms. The van der Waals surface area contributed by atoms with Gasteiger partial charge in [-0.1, -0.05) is 0 Å². The molecular formula is C11H18N4O2. The Morgan fingerprint density at radius 2 is 1.94 bits per heavy atom. The highest BCUT2D eigenvalue weighted by Gasteiger charge is 2.13. The van der Waals surface area contributed by atoms with E-state index in [1.54, 1.807) is 31.4 Å². The number of hydrogen-bond donors (Lipinski definition) is 1. The van der Waals surface area contributed by atoms with Crippen molar-refractivity contribution in [3.05, 3.63) is 18.0 Å². The van der Waals surface area contributed by atoms with Crippen molar-refractivity contribution in [2.45, 2.75) is 13.5 Å². The van der Waals surface area contributed by atoms with Crippen LogP contribution in [0.5, 0.6) is 0 Å². The third-order valence-electron chi connectivity index (χ3n) is 2.36. The van der Waals surface area contributed by atoms with Gasteiger partial charge in [0, 0.05) is 38.6 Å². The molecule has 0 saturated heterocycles. The summed E-state index contributed by atoms with van der Waals surface area (Å²) < 4.78 is 0. The first-order valence-corrected chi connectivity index (χ1v) is 5.45. The zero-order valence-corrected chi connectivity index (χ0v) is 10.4. The number of rotatable bonds is 5. The summed E-state index contributed by atoms with van der Waals surface area (Å²) in [5.74, 6) is 0.501. The van der Waals surface area contributed by atoms with Crippen molar-refractivity contribution in [2.24, 2.45) is 0 Å². The third-order valence-corrected chi connectivity index (χ3v) is 2.36. The number of likely N-dealkylation sites (N-methyl/N-ethyl adjacent to an activating group) is 2. The van der Waals surface area contributed by atoms with Crippen LogP contribution in [0.4, 0.5) is 5.95 Å². The van der Waals surface area contributed by atoms with Gasteiger partial charge in [-0.05, 0) is 6.92 Å². The van der Waals surface area contributed by atoms with Gasteiger partial charge < -0.3 is 14.9 Å². The lowest BCUT2D eigenvalue weighted by Crippen LogP contribution is -2.37. The Morgan fingerprint density at radius 1 is 1.35 bits per heavy atom. The van der Waals surface area contributed by atoms with Crippen LogP contribution in [0.3, 0.4) is 0 Å². The molecule has 1 rings (SSSR count). The number of aliphatic hydroxyl groups is 1. The van der Waals surface area contributed by atoms with Crippen molar-refractivity contribution in [1.29, 1.82) is 0 Å². The normalized spacial score (nSPS) is 10.1. The van der Waals surface area contributed by atoms with Gasteiger partial charge in [-0.3, -0.25) is 4.79 Å². The highest BCUT2D eigenvalue weighted by molar-refractivity contribution is 5.80.